The van der Waals surface area contributed by atoms with Gasteiger partial charge in [0.1, 0.15) is 0 Å². The number of unbranched alkanes of at least 4 members (excludes halogenated alkanes) is 2. The smallest absolute Gasteiger partial charge is 0.303 e. The van der Waals surface area contributed by atoms with E-state index in [1.54, 1.807) is 0 Å². The lowest BCUT2D eigenvalue weighted by molar-refractivity contribution is -0.136. The highest BCUT2D eigenvalue weighted by molar-refractivity contribution is 5.66. The van der Waals surface area contributed by atoms with E-state index < -0.39 is 5.97 Å². The zero-order valence-electron chi connectivity index (χ0n) is 14.9. The number of carbonyl (C=O) groups is 1. The summed E-state index contributed by atoms with van der Waals surface area (Å²) in [7, 11) is 0. The molecule has 0 aromatic heterocycles. The molecule has 0 aromatic carbocycles. The van der Waals surface area contributed by atoms with Crippen LogP contribution in [0.15, 0.2) is 72.9 Å². The maximum Gasteiger partial charge on any atom is 0.303 e. The topological polar surface area (TPSA) is 37.3 Å². The summed E-state index contributed by atoms with van der Waals surface area (Å²) < 4.78 is 0. The molecular weight excluding hydrogens is 296 g/mol. The molecule has 2 nitrogen and oxygen atoms in total. The lowest BCUT2D eigenvalue weighted by Crippen LogP contribution is -1.91. The minimum absolute atomic E-state index is 0.205. The van der Waals surface area contributed by atoms with Crippen LogP contribution in [0.1, 0.15) is 58.3 Å². The normalized spacial score (nSPS) is 13.0. The van der Waals surface area contributed by atoms with E-state index in [4.69, 9.17) is 5.11 Å². The van der Waals surface area contributed by atoms with Crippen LogP contribution >= 0.6 is 0 Å². The molecule has 1 N–H and O–H groups in total. The molecule has 0 radical (unpaired) electrons. The zero-order valence-corrected chi connectivity index (χ0v) is 14.9. The Bertz CT molecular complexity index is 462. The van der Waals surface area contributed by atoms with E-state index in [1.165, 1.54) is 6.42 Å². The first-order valence-corrected chi connectivity index (χ1v) is 8.92. The summed E-state index contributed by atoms with van der Waals surface area (Å²) >= 11 is 0. The summed E-state index contributed by atoms with van der Waals surface area (Å²) in [5.41, 5.74) is 0. The molecule has 0 unspecified atom stereocenters. The summed E-state index contributed by atoms with van der Waals surface area (Å²) in [4.78, 5) is 10.3. The van der Waals surface area contributed by atoms with Crippen LogP contribution in [0.4, 0.5) is 0 Å². The molecule has 0 aliphatic carbocycles. The largest absolute Gasteiger partial charge is 0.481 e. The van der Waals surface area contributed by atoms with Gasteiger partial charge in [-0.3, -0.25) is 4.79 Å². The maximum absolute atomic E-state index is 10.3. The Balaban J connectivity index is 3.52. The third-order valence-electron chi connectivity index (χ3n) is 3.15. The van der Waals surface area contributed by atoms with Gasteiger partial charge in [0.05, 0.1) is 0 Å². The number of hydrogen-bond acceptors (Lipinski definition) is 1. The fraction of sp³-hybridized carbons (Fsp3) is 0.409. The number of carboxylic acids is 1. The maximum atomic E-state index is 10.3. The molecule has 0 amide bonds. The lowest BCUT2D eigenvalue weighted by atomic mass is 10.2. The van der Waals surface area contributed by atoms with Gasteiger partial charge in [-0.2, -0.15) is 0 Å². The number of aliphatic carboxylic acids is 1. The number of rotatable bonds is 14. The molecule has 24 heavy (non-hydrogen) atoms. The fourth-order valence-electron chi connectivity index (χ4n) is 1.87. The Morgan fingerprint density at radius 3 is 2.00 bits per heavy atom. The van der Waals surface area contributed by atoms with Gasteiger partial charge in [0.2, 0.25) is 0 Å². The van der Waals surface area contributed by atoms with Gasteiger partial charge < -0.3 is 5.11 Å². The molecule has 0 aliphatic rings. The third kappa shape index (κ3) is 19.9. The van der Waals surface area contributed by atoms with Gasteiger partial charge in [-0.05, 0) is 44.9 Å². The van der Waals surface area contributed by atoms with Crippen LogP contribution in [0.2, 0.25) is 0 Å². The summed E-state index contributed by atoms with van der Waals surface area (Å²) in [5, 5.41) is 8.49. The van der Waals surface area contributed by atoms with Crippen molar-refractivity contribution in [1.29, 1.82) is 0 Å². The quantitative estimate of drug-likeness (QED) is 0.223. The second-order valence-electron chi connectivity index (χ2n) is 5.40. The Morgan fingerprint density at radius 2 is 1.29 bits per heavy atom. The fourth-order valence-corrected chi connectivity index (χ4v) is 1.87. The zero-order chi connectivity index (χ0) is 17.7. The molecule has 0 atom stereocenters. The molecule has 0 saturated carbocycles. The van der Waals surface area contributed by atoms with E-state index in [9.17, 15) is 4.79 Å². The van der Waals surface area contributed by atoms with Crippen LogP contribution in [0, 0.1) is 0 Å². The van der Waals surface area contributed by atoms with Crippen LogP contribution in [0.25, 0.3) is 0 Å². The minimum Gasteiger partial charge on any atom is -0.481 e. The Kier molecular flexibility index (Phi) is 17.3. The Morgan fingerprint density at radius 1 is 0.708 bits per heavy atom. The molecule has 0 aliphatic heterocycles. The second-order valence-corrected chi connectivity index (χ2v) is 5.40. The Hall–Kier alpha value is -2.09. The molecule has 0 saturated heterocycles. The van der Waals surface area contributed by atoms with Crippen LogP contribution in [0.5, 0.6) is 0 Å². The standard InChI is InChI=1S/C22H32O2/c1-2-3-4-5-6-7-8-9-10-11-12-13-14-15-16-17-18-19-20-21-22(23)24/h3-4,6-7,11-16,18-19H,2,5,8-10,17,20-21H2,1H3,(H,23,24). The molecular formula is C22H32O2. The highest BCUT2D eigenvalue weighted by Gasteiger charge is 1.90. The van der Waals surface area contributed by atoms with E-state index in [2.05, 4.69) is 49.5 Å². The third-order valence-corrected chi connectivity index (χ3v) is 3.15. The van der Waals surface area contributed by atoms with Crippen molar-refractivity contribution in [1.82, 2.24) is 0 Å². The second kappa shape index (κ2) is 19.0. The van der Waals surface area contributed by atoms with Gasteiger partial charge in [-0.1, -0.05) is 79.8 Å². The molecule has 0 spiro atoms. The van der Waals surface area contributed by atoms with Crippen molar-refractivity contribution in [3.8, 4) is 0 Å². The van der Waals surface area contributed by atoms with Crippen molar-refractivity contribution >= 4 is 5.97 Å². The molecule has 0 rings (SSSR count). The summed E-state index contributed by atoms with van der Waals surface area (Å²) in [6, 6.07) is 0. The first-order valence-electron chi connectivity index (χ1n) is 8.92. The summed E-state index contributed by atoms with van der Waals surface area (Å²) in [6.07, 6.45) is 32.5. The molecule has 2 heteroatoms. The van der Waals surface area contributed by atoms with Crippen LogP contribution < -0.4 is 0 Å². The van der Waals surface area contributed by atoms with Crippen molar-refractivity contribution in [2.75, 3.05) is 0 Å². The highest BCUT2D eigenvalue weighted by atomic mass is 16.4. The van der Waals surface area contributed by atoms with E-state index in [0.29, 0.717) is 6.42 Å². The van der Waals surface area contributed by atoms with Crippen LogP contribution in [0.3, 0.4) is 0 Å². The van der Waals surface area contributed by atoms with Gasteiger partial charge in [0.15, 0.2) is 0 Å². The molecule has 0 fully saturated rings. The van der Waals surface area contributed by atoms with Gasteiger partial charge in [0.25, 0.3) is 0 Å². The van der Waals surface area contributed by atoms with E-state index in [-0.39, 0.29) is 6.42 Å². The van der Waals surface area contributed by atoms with E-state index in [1.807, 2.05) is 30.4 Å². The molecule has 0 aromatic rings. The summed E-state index contributed by atoms with van der Waals surface area (Å²) in [5.74, 6) is -0.745. The average molecular weight is 328 g/mol. The van der Waals surface area contributed by atoms with Crippen molar-refractivity contribution < 1.29 is 9.90 Å². The monoisotopic (exact) mass is 328 g/mol. The van der Waals surface area contributed by atoms with Gasteiger partial charge in [0, 0.05) is 6.42 Å². The molecule has 0 heterocycles. The number of carboxylic acid groups (broad SMARTS) is 1. The SMILES string of the molecule is CCC=CCC=CCCCC=CC=CC=CCC=CCCC(=O)O. The van der Waals surface area contributed by atoms with Crippen molar-refractivity contribution in [3.63, 3.8) is 0 Å². The summed E-state index contributed by atoms with van der Waals surface area (Å²) in [6.45, 7) is 2.15. The molecule has 132 valence electrons. The molecule has 0 bridgehead atoms. The average Bonchev–Trinajstić information content (AvgIpc) is 2.56. The van der Waals surface area contributed by atoms with E-state index in [0.717, 1.165) is 32.1 Å². The van der Waals surface area contributed by atoms with Crippen molar-refractivity contribution in [2.45, 2.75) is 58.3 Å². The van der Waals surface area contributed by atoms with Crippen molar-refractivity contribution in [2.24, 2.45) is 0 Å². The van der Waals surface area contributed by atoms with Gasteiger partial charge in [-0.15, -0.1) is 0 Å². The number of allylic oxidation sites excluding steroid dienone is 12. The van der Waals surface area contributed by atoms with Gasteiger partial charge >= 0.3 is 5.97 Å². The number of hydrogen-bond donors (Lipinski definition) is 1. The van der Waals surface area contributed by atoms with Crippen molar-refractivity contribution in [3.05, 3.63) is 72.9 Å². The van der Waals surface area contributed by atoms with Gasteiger partial charge in [-0.25, -0.2) is 0 Å². The Labute approximate surface area is 147 Å². The lowest BCUT2D eigenvalue weighted by Gasteiger charge is -1.89. The first kappa shape index (κ1) is 21.9. The highest BCUT2D eigenvalue weighted by Crippen LogP contribution is 2.00. The minimum atomic E-state index is -0.745. The predicted molar refractivity (Wildman–Crippen MR) is 105 cm³/mol. The first-order chi connectivity index (χ1) is 11.8. The van der Waals surface area contributed by atoms with Crippen LogP contribution in [-0.2, 0) is 4.79 Å². The predicted octanol–water partition coefficient (Wildman–Crippen LogP) is 6.55. The van der Waals surface area contributed by atoms with Crippen LogP contribution in [-0.4, -0.2) is 11.1 Å². The van der Waals surface area contributed by atoms with E-state index >= 15 is 0 Å².